The maximum atomic E-state index is 12.6. The van der Waals surface area contributed by atoms with Crippen molar-refractivity contribution in [2.45, 2.75) is 63.6 Å². The summed E-state index contributed by atoms with van der Waals surface area (Å²) in [6, 6.07) is 0. The predicted molar refractivity (Wildman–Crippen MR) is 94.5 cm³/mol. The van der Waals surface area contributed by atoms with E-state index in [1.165, 1.54) is 0 Å². The van der Waals surface area contributed by atoms with Crippen molar-refractivity contribution < 1.29 is 33.7 Å². The Balaban J connectivity index is 1.97. The lowest BCUT2D eigenvalue weighted by molar-refractivity contribution is -0.152. The summed E-state index contributed by atoms with van der Waals surface area (Å²) in [6.45, 7) is 12.6. The van der Waals surface area contributed by atoms with E-state index in [1.54, 1.807) is 19.9 Å². The maximum Gasteiger partial charge on any atom is 0.334 e. The number of aliphatic hydroxyl groups is 1. The molecule has 0 bridgehead atoms. The molecule has 0 radical (unpaired) electrons. The number of ketones is 1. The normalized spacial score (nSPS) is 39.4. The van der Waals surface area contributed by atoms with Crippen molar-refractivity contribution in [3.8, 4) is 0 Å². The van der Waals surface area contributed by atoms with E-state index in [9.17, 15) is 19.5 Å². The third-order valence-corrected chi connectivity index (χ3v) is 5.70. The van der Waals surface area contributed by atoms with Gasteiger partial charge in [-0.25, -0.2) is 9.59 Å². The molecule has 0 spiro atoms. The van der Waals surface area contributed by atoms with Gasteiger partial charge in [0.25, 0.3) is 0 Å². The fraction of sp³-hybridized carbons (Fsp3) is 0.550. The number of aliphatic hydroxyl groups excluding tert-OH is 1. The third-order valence-electron chi connectivity index (χ3n) is 5.70. The lowest BCUT2D eigenvalue weighted by atomic mass is 9.79. The van der Waals surface area contributed by atoms with Crippen molar-refractivity contribution in [3.05, 3.63) is 36.0 Å². The highest BCUT2D eigenvalue weighted by Crippen LogP contribution is 2.48. The SMILES string of the molecule is C=C1C(=O)O[C@H]2C[C@@]3(C)O[C@H]3CC(=O)C(=C)[C@@H](OC(=O)/C(C)=C\C)[C@H](O)[C@@H]12. The minimum absolute atomic E-state index is 0.0367. The number of epoxide rings is 1. The minimum Gasteiger partial charge on any atom is -0.458 e. The average Bonchev–Trinajstić information content (AvgIpc) is 3.15. The van der Waals surface area contributed by atoms with Crippen molar-refractivity contribution in [1.82, 2.24) is 0 Å². The number of Topliss-reactive ketones (excluding diaryl/α,β-unsaturated/α-hetero) is 1. The van der Waals surface area contributed by atoms with Gasteiger partial charge in [-0.15, -0.1) is 0 Å². The molecular weight excluding hydrogens is 352 g/mol. The minimum atomic E-state index is -1.39. The zero-order valence-corrected chi connectivity index (χ0v) is 15.7. The summed E-state index contributed by atoms with van der Waals surface area (Å²) in [5, 5.41) is 11.0. The summed E-state index contributed by atoms with van der Waals surface area (Å²) >= 11 is 0. The molecule has 0 aromatic heterocycles. The first kappa shape index (κ1) is 19.5. The van der Waals surface area contributed by atoms with Crippen LogP contribution in [-0.2, 0) is 28.6 Å². The van der Waals surface area contributed by atoms with Gasteiger partial charge in [0.1, 0.15) is 12.2 Å². The standard InChI is InChI=1S/C20H24O7/c1-6-9(2)18(23)26-17-10(3)12(21)7-14-20(5,27-14)8-13-15(16(17)22)11(4)19(24)25-13/h6,13-17,22H,3-4,7-8H2,1-2,5H3/b9-6-/t13-,14-,15-,16+,17+,20+/m0/s1. The predicted octanol–water partition coefficient (Wildman–Crippen LogP) is 1.40. The van der Waals surface area contributed by atoms with E-state index in [0.717, 1.165) is 0 Å². The molecule has 2 saturated heterocycles. The number of ether oxygens (including phenoxy) is 3. The first-order chi connectivity index (χ1) is 12.6. The Morgan fingerprint density at radius 3 is 2.63 bits per heavy atom. The molecule has 2 heterocycles. The number of hydrogen-bond acceptors (Lipinski definition) is 7. The van der Waals surface area contributed by atoms with Crippen LogP contribution in [0.4, 0.5) is 0 Å². The number of esters is 2. The van der Waals surface area contributed by atoms with Crippen molar-refractivity contribution in [1.29, 1.82) is 0 Å². The van der Waals surface area contributed by atoms with Crippen LogP contribution in [0.15, 0.2) is 36.0 Å². The van der Waals surface area contributed by atoms with Crippen LogP contribution in [0.2, 0.25) is 0 Å². The van der Waals surface area contributed by atoms with Gasteiger partial charge in [-0.3, -0.25) is 4.79 Å². The van der Waals surface area contributed by atoms with Crippen LogP contribution in [0.1, 0.15) is 33.6 Å². The van der Waals surface area contributed by atoms with E-state index in [-0.39, 0.29) is 29.5 Å². The second kappa shape index (κ2) is 6.73. The van der Waals surface area contributed by atoms with Crippen LogP contribution in [0, 0.1) is 5.92 Å². The van der Waals surface area contributed by atoms with E-state index in [2.05, 4.69) is 13.2 Å². The van der Waals surface area contributed by atoms with Crippen molar-refractivity contribution in [2.24, 2.45) is 5.92 Å². The number of hydrogen-bond donors (Lipinski definition) is 1. The zero-order chi connectivity index (χ0) is 20.1. The molecule has 3 aliphatic rings. The van der Waals surface area contributed by atoms with Crippen molar-refractivity contribution in [3.63, 3.8) is 0 Å². The molecule has 3 fully saturated rings. The molecule has 3 rings (SSSR count). The summed E-state index contributed by atoms with van der Waals surface area (Å²) in [7, 11) is 0. The Kier molecular flexibility index (Phi) is 4.86. The molecule has 6 atom stereocenters. The van der Waals surface area contributed by atoms with Gasteiger partial charge < -0.3 is 19.3 Å². The second-order valence-corrected chi connectivity index (χ2v) is 7.56. The molecule has 0 unspecified atom stereocenters. The number of carbonyl (C=O) groups excluding carboxylic acids is 3. The zero-order valence-electron chi connectivity index (χ0n) is 15.7. The molecule has 2 aliphatic heterocycles. The Morgan fingerprint density at radius 2 is 2.00 bits per heavy atom. The van der Waals surface area contributed by atoms with Crippen molar-refractivity contribution >= 4 is 17.7 Å². The lowest BCUT2D eigenvalue weighted by Gasteiger charge is -2.31. The largest absolute Gasteiger partial charge is 0.458 e. The summed E-state index contributed by atoms with van der Waals surface area (Å²) < 4.78 is 16.5. The van der Waals surface area contributed by atoms with Gasteiger partial charge in [0, 0.05) is 29.6 Å². The maximum absolute atomic E-state index is 12.6. The van der Waals surface area contributed by atoms with Crippen LogP contribution in [0.25, 0.3) is 0 Å². The van der Waals surface area contributed by atoms with E-state index in [1.807, 2.05) is 6.92 Å². The van der Waals surface area contributed by atoms with Gasteiger partial charge in [0.2, 0.25) is 0 Å². The third kappa shape index (κ3) is 3.37. The van der Waals surface area contributed by atoms with Crippen LogP contribution in [0.5, 0.6) is 0 Å². The highest BCUT2D eigenvalue weighted by Gasteiger charge is 2.59. The van der Waals surface area contributed by atoms with E-state index >= 15 is 0 Å². The Hall–Kier alpha value is -2.25. The van der Waals surface area contributed by atoms with Crippen molar-refractivity contribution in [2.75, 3.05) is 0 Å². The molecule has 7 nitrogen and oxygen atoms in total. The smallest absolute Gasteiger partial charge is 0.334 e. The Labute approximate surface area is 157 Å². The molecule has 1 aliphatic carbocycles. The van der Waals surface area contributed by atoms with Gasteiger partial charge >= 0.3 is 11.9 Å². The van der Waals surface area contributed by atoms with Crippen LogP contribution >= 0.6 is 0 Å². The van der Waals surface area contributed by atoms with Crippen LogP contribution in [-0.4, -0.2) is 52.8 Å². The van der Waals surface area contributed by atoms with Gasteiger partial charge in [0.15, 0.2) is 11.9 Å². The highest BCUT2D eigenvalue weighted by atomic mass is 16.6. The molecule has 7 heteroatoms. The fourth-order valence-electron chi connectivity index (χ4n) is 3.69. The van der Waals surface area contributed by atoms with Crippen LogP contribution < -0.4 is 0 Å². The molecule has 0 aromatic rings. The summed E-state index contributed by atoms with van der Waals surface area (Å²) in [4.78, 5) is 36.9. The molecule has 0 amide bonds. The first-order valence-corrected chi connectivity index (χ1v) is 8.90. The van der Waals surface area contributed by atoms with E-state index in [4.69, 9.17) is 14.2 Å². The summed E-state index contributed by atoms with van der Waals surface area (Å²) in [5.41, 5.74) is -0.246. The van der Waals surface area contributed by atoms with Gasteiger partial charge in [-0.05, 0) is 20.8 Å². The van der Waals surface area contributed by atoms with Gasteiger partial charge in [-0.2, -0.15) is 0 Å². The number of allylic oxidation sites excluding steroid dienone is 1. The number of carbonyl (C=O) groups is 3. The Bertz CT molecular complexity index is 764. The van der Waals surface area contributed by atoms with Gasteiger partial charge in [0.05, 0.1) is 17.6 Å². The molecule has 1 saturated carbocycles. The average molecular weight is 376 g/mol. The first-order valence-electron chi connectivity index (χ1n) is 8.90. The summed E-state index contributed by atoms with van der Waals surface area (Å²) in [5.74, 6) is -2.47. The lowest BCUT2D eigenvalue weighted by Crippen LogP contribution is -2.45. The topological polar surface area (TPSA) is 102 Å². The molecule has 0 aromatic carbocycles. The molecule has 146 valence electrons. The summed E-state index contributed by atoms with van der Waals surface area (Å²) in [6.07, 6.45) is -1.77. The van der Waals surface area contributed by atoms with E-state index in [0.29, 0.717) is 12.0 Å². The quantitative estimate of drug-likeness (QED) is 0.441. The van der Waals surface area contributed by atoms with E-state index < -0.39 is 41.8 Å². The number of rotatable bonds is 2. The van der Waals surface area contributed by atoms with Crippen LogP contribution in [0.3, 0.4) is 0 Å². The Morgan fingerprint density at radius 1 is 1.33 bits per heavy atom. The number of fused-ring (bicyclic) bond motifs is 2. The monoisotopic (exact) mass is 376 g/mol. The second-order valence-electron chi connectivity index (χ2n) is 7.56. The highest BCUT2D eigenvalue weighted by molar-refractivity contribution is 5.98. The molecular formula is C20H24O7. The van der Waals surface area contributed by atoms with Gasteiger partial charge in [-0.1, -0.05) is 19.2 Å². The molecule has 1 N–H and O–H groups in total. The fourth-order valence-corrected chi connectivity index (χ4v) is 3.69. The molecule has 27 heavy (non-hydrogen) atoms.